The second-order valence-electron chi connectivity index (χ2n) is 5.32. The summed E-state index contributed by atoms with van der Waals surface area (Å²) in [6.07, 6.45) is 1.80. The molecule has 1 rings (SSSR count). The summed E-state index contributed by atoms with van der Waals surface area (Å²) in [5.74, 6) is 0.488. The van der Waals surface area contributed by atoms with Crippen molar-refractivity contribution >= 4 is 7.82 Å². The van der Waals surface area contributed by atoms with Crippen LogP contribution in [0.1, 0.15) is 46.1 Å². The molecule has 0 fully saturated rings. The van der Waals surface area contributed by atoms with Crippen LogP contribution >= 0.6 is 7.82 Å². The number of hydrogen-bond acceptors (Lipinski definition) is 4. The molecule has 0 saturated carbocycles. The Balaban J connectivity index is 2.81. The lowest BCUT2D eigenvalue weighted by atomic mass is 9.82. The number of hydrogen-bond donors (Lipinski definition) is 0. The quantitative estimate of drug-likeness (QED) is 0.638. The molecule has 0 radical (unpaired) electrons. The molecule has 20 heavy (non-hydrogen) atoms. The highest BCUT2D eigenvalue weighted by molar-refractivity contribution is 7.48. The molecule has 0 bridgehead atoms. The van der Waals surface area contributed by atoms with Crippen LogP contribution in [0.15, 0.2) is 24.3 Å². The van der Waals surface area contributed by atoms with Gasteiger partial charge in [-0.3, -0.25) is 9.05 Å². The van der Waals surface area contributed by atoms with Gasteiger partial charge in [-0.15, -0.1) is 0 Å². The minimum atomic E-state index is -3.50. The first kappa shape index (κ1) is 17.2. The van der Waals surface area contributed by atoms with Crippen LogP contribution in [0.25, 0.3) is 0 Å². The summed E-state index contributed by atoms with van der Waals surface area (Å²) in [5, 5.41) is 0. The van der Waals surface area contributed by atoms with Gasteiger partial charge in [0.2, 0.25) is 0 Å². The third-order valence-corrected chi connectivity index (χ3v) is 4.79. The van der Waals surface area contributed by atoms with Crippen molar-refractivity contribution in [3.05, 3.63) is 29.8 Å². The van der Waals surface area contributed by atoms with Crippen LogP contribution < -0.4 is 4.52 Å². The van der Waals surface area contributed by atoms with E-state index in [9.17, 15) is 4.57 Å². The molecule has 0 spiro atoms. The monoisotopic (exact) mass is 300 g/mol. The molecule has 0 N–H and O–H groups in total. The smallest absolute Gasteiger partial charge is 0.404 e. The third-order valence-electron chi connectivity index (χ3n) is 3.41. The van der Waals surface area contributed by atoms with Crippen LogP contribution in [0.3, 0.4) is 0 Å². The van der Waals surface area contributed by atoms with Crippen LogP contribution in [-0.2, 0) is 19.0 Å². The molecule has 0 aromatic heterocycles. The van der Waals surface area contributed by atoms with Gasteiger partial charge in [-0.2, -0.15) is 0 Å². The van der Waals surface area contributed by atoms with Gasteiger partial charge in [0.05, 0.1) is 6.61 Å². The molecule has 0 aliphatic rings. The predicted octanol–water partition coefficient (Wildman–Crippen LogP) is 4.93. The van der Waals surface area contributed by atoms with Gasteiger partial charge in [-0.05, 0) is 36.0 Å². The molecule has 114 valence electrons. The van der Waals surface area contributed by atoms with Crippen molar-refractivity contribution in [2.45, 2.75) is 46.0 Å². The van der Waals surface area contributed by atoms with Crippen LogP contribution in [0.2, 0.25) is 0 Å². The van der Waals surface area contributed by atoms with E-state index in [4.69, 9.17) is 13.6 Å². The zero-order chi connectivity index (χ0) is 15.2. The molecule has 1 atom stereocenters. The van der Waals surface area contributed by atoms with Crippen molar-refractivity contribution < 1.29 is 18.1 Å². The molecular formula is C15H25O4P. The average Bonchev–Trinajstić information content (AvgIpc) is 2.46. The van der Waals surface area contributed by atoms with Gasteiger partial charge >= 0.3 is 7.82 Å². The second-order valence-corrected chi connectivity index (χ2v) is 7.02. The van der Waals surface area contributed by atoms with E-state index in [-0.39, 0.29) is 5.41 Å². The van der Waals surface area contributed by atoms with Crippen LogP contribution in [0.5, 0.6) is 5.75 Å². The lowest BCUT2D eigenvalue weighted by Gasteiger charge is -2.23. The summed E-state index contributed by atoms with van der Waals surface area (Å²) < 4.78 is 27.6. The Bertz CT molecular complexity index is 453. The van der Waals surface area contributed by atoms with Crippen LogP contribution in [0.4, 0.5) is 0 Å². The predicted molar refractivity (Wildman–Crippen MR) is 81.2 cm³/mol. The molecule has 1 aromatic rings. The van der Waals surface area contributed by atoms with Gasteiger partial charge in [0.25, 0.3) is 0 Å². The average molecular weight is 300 g/mol. The molecule has 1 unspecified atom stereocenters. The lowest BCUT2D eigenvalue weighted by molar-refractivity contribution is 0.180. The molecule has 0 heterocycles. The van der Waals surface area contributed by atoms with E-state index in [2.05, 4.69) is 20.8 Å². The topological polar surface area (TPSA) is 44.8 Å². The second kappa shape index (κ2) is 7.26. The fourth-order valence-corrected chi connectivity index (χ4v) is 2.64. The molecule has 0 amide bonds. The standard InChI is InChI=1S/C15H25O4P/c1-6-12-18-20(16,17-5)19-14-10-8-13(9-11-14)15(3,4)7-2/h8-11H,6-7,12H2,1-5H3. The van der Waals surface area contributed by atoms with E-state index in [1.54, 1.807) is 12.1 Å². The van der Waals surface area contributed by atoms with Gasteiger partial charge in [0.15, 0.2) is 0 Å². The molecule has 5 heteroatoms. The zero-order valence-electron chi connectivity index (χ0n) is 13.0. The van der Waals surface area contributed by atoms with Crippen molar-refractivity contribution in [2.24, 2.45) is 0 Å². The van der Waals surface area contributed by atoms with Crippen LogP contribution in [-0.4, -0.2) is 13.7 Å². The first-order valence-electron chi connectivity index (χ1n) is 6.97. The zero-order valence-corrected chi connectivity index (χ0v) is 13.9. The van der Waals surface area contributed by atoms with Gasteiger partial charge in [-0.1, -0.05) is 39.8 Å². The summed E-state index contributed by atoms with van der Waals surface area (Å²) >= 11 is 0. The maximum atomic E-state index is 12.2. The largest absolute Gasteiger partial charge is 0.529 e. The molecule has 1 aromatic carbocycles. The van der Waals surface area contributed by atoms with Crippen LogP contribution in [0, 0.1) is 0 Å². The highest BCUT2D eigenvalue weighted by Gasteiger charge is 2.26. The van der Waals surface area contributed by atoms with Gasteiger partial charge < -0.3 is 4.52 Å². The lowest BCUT2D eigenvalue weighted by Crippen LogP contribution is -2.15. The Morgan fingerprint density at radius 1 is 1.15 bits per heavy atom. The van der Waals surface area contributed by atoms with E-state index >= 15 is 0 Å². The molecule has 0 saturated heterocycles. The highest BCUT2D eigenvalue weighted by Crippen LogP contribution is 2.48. The summed E-state index contributed by atoms with van der Waals surface area (Å²) in [6.45, 7) is 8.80. The number of phosphoric acid groups is 1. The Hall–Kier alpha value is -0.830. The maximum absolute atomic E-state index is 12.2. The Kier molecular flexibility index (Phi) is 6.25. The first-order chi connectivity index (χ1) is 9.37. The summed E-state index contributed by atoms with van der Waals surface area (Å²) in [7, 11) is -2.18. The minimum absolute atomic E-state index is 0.113. The Morgan fingerprint density at radius 2 is 1.75 bits per heavy atom. The van der Waals surface area contributed by atoms with E-state index < -0.39 is 7.82 Å². The van der Waals surface area contributed by atoms with Crippen molar-refractivity contribution in [3.8, 4) is 5.75 Å². The van der Waals surface area contributed by atoms with E-state index in [1.165, 1.54) is 12.7 Å². The van der Waals surface area contributed by atoms with E-state index in [0.29, 0.717) is 12.4 Å². The van der Waals surface area contributed by atoms with E-state index in [0.717, 1.165) is 12.8 Å². The summed E-state index contributed by atoms with van der Waals surface area (Å²) in [4.78, 5) is 0. The van der Waals surface area contributed by atoms with Gasteiger partial charge in [0.1, 0.15) is 5.75 Å². The molecule has 0 aliphatic carbocycles. The SMILES string of the molecule is CCCOP(=O)(OC)Oc1ccc(C(C)(C)CC)cc1. The number of phosphoric ester groups is 1. The van der Waals surface area contributed by atoms with Crippen molar-refractivity contribution in [1.29, 1.82) is 0 Å². The summed E-state index contributed by atoms with van der Waals surface area (Å²) in [5.41, 5.74) is 1.33. The Labute approximate surface area is 122 Å². The first-order valence-corrected chi connectivity index (χ1v) is 8.43. The van der Waals surface area contributed by atoms with E-state index in [1.807, 2.05) is 19.1 Å². The van der Waals surface area contributed by atoms with Crippen molar-refractivity contribution in [1.82, 2.24) is 0 Å². The number of benzene rings is 1. The fraction of sp³-hybridized carbons (Fsp3) is 0.600. The van der Waals surface area contributed by atoms with Gasteiger partial charge in [-0.25, -0.2) is 4.57 Å². The van der Waals surface area contributed by atoms with Gasteiger partial charge in [0, 0.05) is 7.11 Å². The maximum Gasteiger partial charge on any atom is 0.529 e. The normalized spacial score (nSPS) is 14.8. The number of rotatable bonds is 8. The highest BCUT2D eigenvalue weighted by atomic mass is 31.2. The van der Waals surface area contributed by atoms with Crippen molar-refractivity contribution in [2.75, 3.05) is 13.7 Å². The third kappa shape index (κ3) is 4.62. The fourth-order valence-electron chi connectivity index (χ4n) is 1.62. The molecular weight excluding hydrogens is 275 g/mol. The molecule has 0 aliphatic heterocycles. The van der Waals surface area contributed by atoms with Crippen molar-refractivity contribution in [3.63, 3.8) is 0 Å². The Morgan fingerprint density at radius 3 is 2.20 bits per heavy atom. The minimum Gasteiger partial charge on any atom is -0.404 e. The molecule has 4 nitrogen and oxygen atoms in total. The summed E-state index contributed by atoms with van der Waals surface area (Å²) in [6, 6.07) is 7.57.